The third kappa shape index (κ3) is 2.53. The largest absolute Gasteiger partial charge is 0.496 e. The first-order valence-corrected chi connectivity index (χ1v) is 7.80. The van der Waals surface area contributed by atoms with Crippen LogP contribution in [0, 0.1) is 17.8 Å². The van der Waals surface area contributed by atoms with Gasteiger partial charge in [-0.25, -0.2) is 0 Å². The first-order valence-electron chi connectivity index (χ1n) is 7.80. The van der Waals surface area contributed by atoms with Crippen molar-refractivity contribution in [2.45, 2.75) is 38.3 Å². The number of benzene rings is 1. The zero-order chi connectivity index (χ0) is 15.0. The average Bonchev–Trinajstić information content (AvgIpc) is 3.07. The fourth-order valence-electron chi connectivity index (χ4n) is 4.14. The van der Waals surface area contributed by atoms with Gasteiger partial charge in [-0.3, -0.25) is 4.79 Å². The molecular formula is C17H24N2O2. The summed E-state index contributed by atoms with van der Waals surface area (Å²) in [5.41, 5.74) is 7.25. The number of nitrogens with two attached hydrogens (primary N) is 1. The van der Waals surface area contributed by atoms with Crippen molar-refractivity contribution in [3.63, 3.8) is 0 Å². The number of rotatable bonds is 4. The van der Waals surface area contributed by atoms with Gasteiger partial charge in [-0.1, -0.05) is 18.2 Å². The van der Waals surface area contributed by atoms with Crippen LogP contribution in [0.4, 0.5) is 0 Å². The van der Waals surface area contributed by atoms with Crippen LogP contribution in [0.1, 0.15) is 37.8 Å². The number of fused-ring (bicyclic) bond motifs is 2. The maximum absolute atomic E-state index is 12.6. The van der Waals surface area contributed by atoms with Crippen LogP contribution < -0.4 is 15.8 Å². The fourth-order valence-corrected chi connectivity index (χ4v) is 4.14. The van der Waals surface area contributed by atoms with Gasteiger partial charge in [0.2, 0.25) is 5.91 Å². The van der Waals surface area contributed by atoms with E-state index in [4.69, 9.17) is 10.5 Å². The van der Waals surface area contributed by atoms with Crippen molar-refractivity contribution in [2.75, 3.05) is 7.11 Å². The number of methoxy groups -OCH3 is 1. The molecule has 5 atom stereocenters. The second-order valence-corrected chi connectivity index (χ2v) is 6.41. The Morgan fingerprint density at radius 2 is 2.05 bits per heavy atom. The molecule has 4 unspecified atom stereocenters. The van der Waals surface area contributed by atoms with E-state index in [-0.39, 0.29) is 23.9 Å². The molecule has 0 radical (unpaired) electrons. The van der Waals surface area contributed by atoms with Gasteiger partial charge >= 0.3 is 0 Å². The number of amides is 1. The summed E-state index contributed by atoms with van der Waals surface area (Å²) in [6, 6.07) is 7.77. The number of carbonyl (C=O) groups excluding carboxylic acids is 1. The SMILES string of the molecule is COc1ccccc1[C@H](C)NC(=O)C1C2CCC(C2)C1N. The van der Waals surface area contributed by atoms with Gasteiger partial charge in [-0.2, -0.15) is 0 Å². The predicted molar refractivity (Wildman–Crippen MR) is 81.8 cm³/mol. The van der Waals surface area contributed by atoms with Crippen molar-refractivity contribution in [3.05, 3.63) is 29.8 Å². The number of hydrogen-bond acceptors (Lipinski definition) is 3. The Morgan fingerprint density at radius 1 is 1.33 bits per heavy atom. The number of hydrogen-bond donors (Lipinski definition) is 2. The topological polar surface area (TPSA) is 64.3 Å². The van der Waals surface area contributed by atoms with Crippen molar-refractivity contribution in [3.8, 4) is 5.75 Å². The molecule has 1 amide bonds. The number of ether oxygens (including phenoxy) is 1. The molecule has 0 aromatic heterocycles. The lowest BCUT2D eigenvalue weighted by atomic mass is 9.84. The molecule has 114 valence electrons. The van der Waals surface area contributed by atoms with Gasteiger partial charge in [0, 0.05) is 11.6 Å². The molecule has 2 aliphatic rings. The molecule has 1 aromatic carbocycles. The van der Waals surface area contributed by atoms with Gasteiger partial charge in [-0.15, -0.1) is 0 Å². The number of nitrogens with one attached hydrogen (secondary N) is 1. The standard InChI is InChI=1S/C17H24N2O2/c1-10(13-5-3-4-6-14(13)21-2)19-17(20)15-11-7-8-12(9-11)16(15)18/h3-6,10-12,15-16H,7-9,18H2,1-2H3,(H,19,20)/t10-,11?,12?,15?,16?/m0/s1. The van der Waals surface area contributed by atoms with E-state index < -0.39 is 0 Å². The van der Waals surface area contributed by atoms with E-state index in [1.807, 2.05) is 31.2 Å². The Balaban J connectivity index is 1.70. The van der Waals surface area contributed by atoms with Crippen molar-refractivity contribution >= 4 is 5.91 Å². The highest BCUT2D eigenvalue weighted by atomic mass is 16.5. The number of carbonyl (C=O) groups is 1. The second kappa shape index (κ2) is 5.68. The molecule has 2 bridgehead atoms. The van der Waals surface area contributed by atoms with Crippen LogP contribution in [0.3, 0.4) is 0 Å². The van der Waals surface area contributed by atoms with E-state index >= 15 is 0 Å². The molecule has 3 N–H and O–H groups in total. The summed E-state index contributed by atoms with van der Waals surface area (Å²) in [7, 11) is 1.65. The molecule has 1 aromatic rings. The van der Waals surface area contributed by atoms with E-state index in [1.54, 1.807) is 7.11 Å². The molecule has 2 saturated carbocycles. The van der Waals surface area contributed by atoms with Gasteiger partial charge in [0.05, 0.1) is 19.1 Å². The Hall–Kier alpha value is -1.55. The Morgan fingerprint density at radius 3 is 2.71 bits per heavy atom. The predicted octanol–water partition coefficient (Wildman–Crippen LogP) is 2.25. The third-order valence-electron chi connectivity index (χ3n) is 5.25. The molecule has 0 heterocycles. The normalized spacial score (nSPS) is 32.0. The third-order valence-corrected chi connectivity index (χ3v) is 5.25. The maximum Gasteiger partial charge on any atom is 0.225 e. The quantitative estimate of drug-likeness (QED) is 0.893. The summed E-state index contributed by atoms with van der Waals surface area (Å²) in [5, 5.41) is 3.13. The minimum atomic E-state index is -0.0695. The lowest BCUT2D eigenvalue weighted by molar-refractivity contribution is -0.127. The highest BCUT2D eigenvalue weighted by Gasteiger charge is 2.49. The molecule has 4 heteroatoms. The lowest BCUT2D eigenvalue weighted by Crippen LogP contribution is -2.45. The molecule has 4 nitrogen and oxygen atoms in total. The molecule has 0 spiro atoms. The van der Waals surface area contributed by atoms with Gasteiger partial charge in [0.25, 0.3) is 0 Å². The first kappa shape index (κ1) is 14.4. The zero-order valence-electron chi connectivity index (χ0n) is 12.7. The van der Waals surface area contributed by atoms with Gasteiger partial charge in [0.15, 0.2) is 0 Å². The van der Waals surface area contributed by atoms with Crippen molar-refractivity contribution in [1.29, 1.82) is 0 Å². The van der Waals surface area contributed by atoms with Gasteiger partial charge in [0.1, 0.15) is 5.75 Å². The van der Waals surface area contributed by atoms with Crippen LogP contribution >= 0.6 is 0 Å². The average molecular weight is 288 g/mol. The number of para-hydroxylation sites is 1. The first-order chi connectivity index (χ1) is 10.1. The van der Waals surface area contributed by atoms with Crippen molar-refractivity contribution in [1.82, 2.24) is 5.32 Å². The van der Waals surface area contributed by atoms with Gasteiger partial charge in [-0.05, 0) is 44.1 Å². The van der Waals surface area contributed by atoms with E-state index in [9.17, 15) is 4.79 Å². The highest BCUT2D eigenvalue weighted by molar-refractivity contribution is 5.81. The summed E-state index contributed by atoms with van der Waals surface area (Å²) in [6.45, 7) is 1.99. The van der Waals surface area contributed by atoms with E-state index in [0.29, 0.717) is 11.8 Å². The Kier molecular flexibility index (Phi) is 3.89. The molecule has 0 saturated heterocycles. The molecule has 2 aliphatic carbocycles. The van der Waals surface area contributed by atoms with E-state index in [1.165, 1.54) is 6.42 Å². The minimum Gasteiger partial charge on any atom is -0.496 e. The molecular weight excluding hydrogens is 264 g/mol. The van der Waals surface area contributed by atoms with Crippen LogP contribution in [0.2, 0.25) is 0 Å². The molecule has 2 fully saturated rings. The van der Waals surface area contributed by atoms with Crippen LogP contribution in [0.15, 0.2) is 24.3 Å². The summed E-state index contributed by atoms with van der Waals surface area (Å²) < 4.78 is 5.37. The summed E-state index contributed by atoms with van der Waals surface area (Å²) in [5.74, 6) is 1.93. The van der Waals surface area contributed by atoms with Crippen LogP contribution in [0.5, 0.6) is 5.75 Å². The van der Waals surface area contributed by atoms with Gasteiger partial charge < -0.3 is 15.8 Å². The highest BCUT2D eigenvalue weighted by Crippen LogP contribution is 2.47. The molecule has 0 aliphatic heterocycles. The lowest BCUT2D eigenvalue weighted by Gasteiger charge is -2.28. The smallest absolute Gasteiger partial charge is 0.225 e. The van der Waals surface area contributed by atoms with Crippen LogP contribution in [-0.4, -0.2) is 19.1 Å². The second-order valence-electron chi connectivity index (χ2n) is 6.41. The van der Waals surface area contributed by atoms with Crippen molar-refractivity contribution < 1.29 is 9.53 Å². The van der Waals surface area contributed by atoms with E-state index in [2.05, 4.69) is 5.32 Å². The fraction of sp³-hybridized carbons (Fsp3) is 0.588. The summed E-state index contributed by atoms with van der Waals surface area (Å²) in [4.78, 5) is 12.6. The van der Waals surface area contributed by atoms with E-state index in [0.717, 1.165) is 24.2 Å². The zero-order valence-corrected chi connectivity index (χ0v) is 12.7. The summed E-state index contributed by atoms with van der Waals surface area (Å²) >= 11 is 0. The van der Waals surface area contributed by atoms with Crippen molar-refractivity contribution in [2.24, 2.45) is 23.5 Å². The Bertz CT molecular complexity index is 529. The minimum absolute atomic E-state index is 0.0130. The molecule has 3 rings (SSSR count). The van der Waals surface area contributed by atoms with Crippen LogP contribution in [0.25, 0.3) is 0 Å². The maximum atomic E-state index is 12.6. The molecule has 21 heavy (non-hydrogen) atoms. The summed E-state index contributed by atoms with van der Waals surface area (Å²) in [6.07, 6.45) is 3.47. The van der Waals surface area contributed by atoms with Crippen LogP contribution in [-0.2, 0) is 4.79 Å². The monoisotopic (exact) mass is 288 g/mol. The Labute approximate surface area is 126 Å².